The molecule has 1 aliphatic carbocycles. The van der Waals surface area contributed by atoms with Gasteiger partial charge in [-0.1, -0.05) is 83.9 Å². The van der Waals surface area contributed by atoms with Crippen LogP contribution in [0.5, 0.6) is 0 Å². The van der Waals surface area contributed by atoms with E-state index >= 15 is 0 Å². The number of esters is 1. The maximum Gasteiger partial charge on any atom is 0.325 e. The van der Waals surface area contributed by atoms with Crippen LogP contribution in [0.25, 0.3) is 11.0 Å². The van der Waals surface area contributed by atoms with Gasteiger partial charge in [0.05, 0.1) is 30.8 Å². The van der Waals surface area contributed by atoms with Gasteiger partial charge in [0, 0.05) is 16.0 Å². The predicted octanol–water partition coefficient (Wildman–Crippen LogP) is 7.46. The van der Waals surface area contributed by atoms with Crippen molar-refractivity contribution in [3.8, 4) is 0 Å². The molecule has 0 radical (unpaired) electrons. The highest BCUT2D eigenvalue weighted by atomic mass is 35.5. The Kier molecular flexibility index (Phi) is 7.13. The van der Waals surface area contributed by atoms with Crippen molar-refractivity contribution in [2.45, 2.75) is 36.8 Å². The predicted molar refractivity (Wildman–Crippen MR) is 158 cm³/mol. The summed E-state index contributed by atoms with van der Waals surface area (Å²) in [7, 11) is 1.40. The van der Waals surface area contributed by atoms with Gasteiger partial charge in [0.1, 0.15) is 11.2 Å². The first kappa shape index (κ1) is 26.6. The highest BCUT2D eigenvalue weighted by Crippen LogP contribution is 2.44. The number of carbonyl (C=O) groups excluding carboxylic acids is 1. The Morgan fingerprint density at radius 1 is 0.925 bits per heavy atom. The minimum absolute atomic E-state index is 0.350. The van der Waals surface area contributed by atoms with Crippen LogP contribution in [0.3, 0.4) is 0 Å². The molecule has 7 heteroatoms. The van der Waals surface area contributed by atoms with E-state index in [1.165, 1.54) is 7.11 Å². The molecule has 4 aromatic carbocycles. The summed E-state index contributed by atoms with van der Waals surface area (Å²) in [6.07, 6.45) is 1.43. The van der Waals surface area contributed by atoms with Crippen molar-refractivity contribution < 1.29 is 14.6 Å². The quantitative estimate of drug-likeness (QED) is 0.155. The number of nitrogens with zero attached hydrogens (tertiary/aromatic N) is 2. The summed E-state index contributed by atoms with van der Waals surface area (Å²) >= 11 is 12.5. The standard InChI is InChI=1S/C33H28Cl2N2O3/c1-40-32(39)33(23-9-14-26(34)15-10-23,24-11-16-27(35)17-12-24)25-13-18-28-29(19-25)37(31(36-28)22-7-8-22)20-30(38)21-5-3-2-4-6-21/h2-6,9-19,22,30,38H,7-8,20H2,1H3. The number of aliphatic hydroxyl groups is 1. The van der Waals surface area contributed by atoms with E-state index < -0.39 is 17.5 Å². The van der Waals surface area contributed by atoms with Gasteiger partial charge in [-0.25, -0.2) is 4.98 Å². The summed E-state index contributed by atoms with van der Waals surface area (Å²) in [6, 6.07) is 30.0. The third kappa shape index (κ3) is 4.68. The lowest BCUT2D eigenvalue weighted by Crippen LogP contribution is -2.39. The monoisotopic (exact) mass is 570 g/mol. The average molecular weight is 572 g/mol. The van der Waals surface area contributed by atoms with Crippen molar-refractivity contribution in [3.63, 3.8) is 0 Å². The molecule has 1 saturated carbocycles. The van der Waals surface area contributed by atoms with Gasteiger partial charge in [0.25, 0.3) is 0 Å². The zero-order valence-electron chi connectivity index (χ0n) is 21.9. The van der Waals surface area contributed by atoms with Crippen molar-refractivity contribution >= 4 is 40.2 Å². The molecule has 0 saturated heterocycles. The van der Waals surface area contributed by atoms with E-state index in [4.69, 9.17) is 32.9 Å². The summed E-state index contributed by atoms with van der Waals surface area (Å²) in [4.78, 5) is 18.9. The van der Waals surface area contributed by atoms with E-state index in [0.717, 1.165) is 35.3 Å². The summed E-state index contributed by atoms with van der Waals surface area (Å²) in [5.41, 5.74) is 3.35. The number of halogens is 2. The van der Waals surface area contributed by atoms with Crippen LogP contribution in [0.4, 0.5) is 0 Å². The number of carbonyl (C=O) groups is 1. The Hall–Kier alpha value is -3.64. The molecule has 1 aliphatic rings. The number of ether oxygens (including phenoxy) is 1. The maximum absolute atomic E-state index is 14.0. The van der Waals surface area contributed by atoms with Crippen molar-refractivity contribution in [2.24, 2.45) is 0 Å². The molecule has 0 amide bonds. The van der Waals surface area contributed by atoms with Gasteiger partial charge in [-0.15, -0.1) is 0 Å². The number of methoxy groups -OCH3 is 1. The molecule has 40 heavy (non-hydrogen) atoms. The van der Waals surface area contributed by atoms with E-state index in [1.807, 2.05) is 72.8 Å². The molecule has 6 rings (SSSR count). The van der Waals surface area contributed by atoms with Gasteiger partial charge in [0.2, 0.25) is 0 Å². The summed E-state index contributed by atoms with van der Waals surface area (Å²) < 4.78 is 7.60. The molecular weight excluding hydrogens is 543 g/mol. The molecule has 5 aromatic rings. The topological polar surface area (TPSA) is 64.3 Å². The second-order valence-corrected chi connectivity index (χ2v) is 11.1. The van der Waals surface area contributed by atoms with Gasteiger partial charge >= 0.3 is 5.97 Å². The van der Waals surface area contributed by atoms with Crippen LogP contribution < -0.4 is 0 Å². The largest absolute Gasteiger partial charge is 0.468 e. The maximum atomic E-state index is 14.0. The minimum atomic E-state index is -1.30. The molecule has 5 nitrogen and oxygen atoms in total. The van der Waals surface area contributed by atoms with Crippen molar-refractivity contribution in [1.29, 1.82) is 0 Å². The first-order valence-electron chi connectivity index (χ1n) is 13.3. The first-order chi connectivity index (χ1) is 19.4. The second-order valence-electron chi connectivity index (χ2n) is 10.2. The van der Waals surface area contributed by atoms with Gasteiger partial charge in [0.15, 0.2) is 0 Å². The number of aliphatic hydroxyl groups excluding tert-OH is 1. The normalized spacial score (nSPS) is 14.3. The van der Waals surface area contributed by atoms with Crippen molar-refractivity contribution in [2.75, 3.05) is 7.11 Å². The summed E-state index contributed by atoms with van der Waals surface area (Å²) in [6.45, 7) is 0.350. The zero-order valence-corrected chi connectivity index (χ0v) is 23.4. The number of hydrogen-bond donors (Lipinski definition) is 1. The number of rotatable bonds is 8. The van der Waals surface area contributed by atoms with Gasteiger partial charge in [-0.3, -0.25) is 4.79 Å². The van der Waals surface area contributed by atoms with Crippen LogP contribution in [0.15, 0.2) is 97.1 Å². The number of imidazole rings is 1. The highest BCUT2D eigenvalue weighted by molar-refractivity contribution is 6.30. The lowest BCUT2D eigenvalue weighted by Gasteiger charge is -2.33. The Morgan fingerprint density at radius 3 is 2.05 bits per heavy atom. The molecule has 1 atom stereocenters. The van der Waals surface area contributed by atoms with Gasteiger partial charge in [-0.2, -0.15) is 0 Å². The first-order valence-corrected chi connectivity index (χ1v) is 14.0. The lowest BCUT2D eigenvalue weighted by atomic mass is 9.69. The third-order valence-electron chi connectivity index (χ3n) is 7.74. The molecule has 202 valence electrons. The van der Waals surface area contributed by atoms with Crippen LogP contribution in [-0.4, -0.2) is 27.7 Å². The van der Waals surface area contributed by atoms with Crippen molar-refractivity contribution in [1.82, 2.24) is 9.55 Å². The highest BCUT2D eigenvalue weighted by Gasteiger charge is 2.45. The lowest BCUT2D eigenvalue weighted by molar-refractivity contribution is -0.144. The van der Waals surface area contributed by atoms with E-state index in [-0.39, 0.29) is 0 Å². The Morgan fingerprint density at radius 2 is 1.50 bits per heavy atom. The molecule has 1 aromatic heterocycles. The Bertz CT molecular complexity index is 1620. The molecule has 0 spiro atoms. The number of benzene rings is 4. The SMILES string of the molecule is COC(=O)C(c1ccc(Cl)cc1)(c1ccc(Cl)cc1)c1ccc2nc(C3CC3)n(CC(O)c3ccccc3)c2c1. The van der Waals surface area contributed by atoms with Crippen LogP contribution in [0.1, 0.15) is 52.9 Å². The average Bonchev–Trinajstić information content (AvgIpc) is 3.77. The third-order valence-corrected chi connectivity index (χ3v) is 8.24. The Balaban J connectivity index is 1.58. The fraction of sp³-hybridized carbons (Fsp3) is 0.212. The minimum Gasteiger partial charge on any atom is -0.468 e. The molecule has 0 bridgehead atoms. The van der Waals surface area contributed by atoms with Gasteiger partial charge < -0.3 is 14.4 Å². The van der Waals surface area contributed by atoms with Gasteiger partial charge in [-0.05, 0) is 71.5 Å². The molecular formula is C33H28Cl2N2O3. The van der Waals surface area contributed by atoms with Crippen LogP contribution in [0.2, 0.25) is 10.0 Å². The molecule has 1 fully saturated rings. The fourth-order valence-electron chi connectivity index (χ4n) is 5.58. The van der Waals surface area contributed by atoms with Crippen LogP contribution >= 0.6 is 23.2 Å². The van der Waals surface area contributed by atoms with E-state index in [1.54, 1.807) is 24.3 Å². The molecule has 1 heterocycles. The van der Waals surface area contributed by atoms with E-state index in [0.29, 0.717) is 39.2 Å². The number of hydrogen-bond acceptors (Lipinski definition) is 4. The molecule has 1 unspecified atom stereocenters. The second kappa shape index (κ2) is 10.7. The summed E-state index contributed by atoms with van der Waals surface area (Å²) in [5.74, 6) is 0.884. The van der Waals surface area contributed by atoms with Crippen LogP contribution in [0, 0.1) is 0 Å². The molecule has 1 N–H and O–H groups in total. The molecule has 0 aliphatic heterocycles. The van der Waals surface area contributed by atoms with Crippen molar-refractivity contribution in [3.05, 3.63) is 135 Å². The number of aromatic nitrogens is 2. The summed E-state index contributed by atoms with van der Waals surface area (Å²) in [5, 5.41) is 12.3. The smallest absolute Gasteiger partial charge is 0.325 e. The van der Waals surface area contributed by atoms with E-state index in [2.05, 4.69) is 4.57 Å². The number of fused-ring (bicyclic) bond motifs is 1. The van der Waals surface area contributed by atoms with E-state index in [9.17, 15) is 9.90 Å². The Labute approximate surface area is 243 Å². The fourth-order valence-corrected chi connectivity index (χ4v) is 5.83. The zero-order chi connectivity index (χ0) is 27.9. The van der Waals surface area contributed by atoms with Crippen LogP contribution in [-0.2, 0) is 21.5 Å².